The molecule has 1 aliphatic heterocycles. The van der Waals surface area contributed by atoms with Crippen molar-refractivity contribution in [2.24, 2.45) is 0 Å². The van der Waals surface area contributed by atoms with Gasteiger partial charge in [0, 0.05) is 6.20 Å². The Morgan fingerprint density at radius 2 is 2.50 bits per heavy atom. The minimum absolute atomic E-state index is 0.133. The Kier molecular flexibility index (Phi) is 3.00. The van der Waals surface area contributed by atoms with Crippen LogP contribution in [0.25, 0.3) is 0 Å². The van der Waals surface area contributed by atoms with Gasteiger partial charge in [0.05, 0.1) is 9.22 Å². The van der Waals surface area contributed by atoms with E-state index in [9.17, 15) is 0 Å². The molecule has 1 saturated heterocycles. The molecule has 1 aliphatic rings. The van der Waals surface area contributed by atoms with Gasteiger partial charge in [-0.15, -0.1) is 11.8 Å². The summed E-state index contributed by atoms with van der Waals surface area (Å²) in [4.78, 5) is 7.60. The highest BCUT2D eigenvalue weighted by Gasteiger charge is 2.33. The molecule has 14 heavy (non-hydrogen) atoms. The first kappa shape index (κ1) is 10.6. The monoisotopic (exact) mass is 290 g/mol. The molecule has 1 aromatic heterocycles. The van der Waals surface area contributed by atoms with Gasteiger partial charge in [-0.25, -0.2) is 4.98 Å². The molecule has 0 aliphatic carbocycles. The fourth-order valence-corrected chi connectivity index (χ4v) is 3.23. The van der Waals surface area contributed by atoms with Crippen LogP contribution < -0.4 is 0 Å². The molecule has 1 unspecified atom stereocenters. The van der Waals surface area contributed by atoms with Crippen LogP contribution in [0.15, 0.2) is 10.7 Å². The van der Waals surface area contributed by atoms with Crippen molar-refractivity contribution < 1.29 is 0 Å². The molecule has 0 radical (unpaired) electrons. The molecule has 0 bridgehead atoms. The molecule has 76 valence electrons. The van der Waals surface area contributed by atoms with E-state index in [1.165, 1.54) is 18.6 Å². The van der Waals surface area contributed by atoms with E-state index in [1.54, 1.807) is 6.20 Å². The maximum Gasteiger partial charge on any atom is 0.123 e. The second-order valence-corrected chi connectivity index (χ2v) is 6.45. The van der Waals surface area contributed by atoms with Crippen LogP contribution in [0.5, 0.6) is 0 Å². The third-order valence-corrected chi connectivity index (χ3v) is 5.19. The minimum Gasteiger partial charge on any atom is -0.333 e. The zero-order valence-electron chi connectivity index (χ0n) is 7.84. The number of hydrogen-bond acceptors (Lipinski definition) is 3. The Balaban J connectivity index is 2.41. The lowest BCUT2D eigenvalue weighted by Gasteiger charge is -2.21. The predicted octanol–water partition coefficient (Wildman–Crippen LogP) is 3.64. The van der Waals surface area contributed by atoms with E-state index in [0.29, 0.717) is 0 Å². The first-order valence-corrected chi connectivity index (χ1v) is 6.70. The first-order valence-electron chi connectivity index (χ1n) is 4.51. The summed E-state index contributed by atoms with van der Waals surface area (Å²) in [5.74, 6) is 2.22. The SMILES string of the molecule is CC1(c2ncc(Br)c(=S)[nH]2)CCCS1. The fourth-order valence-electron chi connectivity index (χ4n) is 1.61. The average molecular weight is 291 g/mol. The van der Waals surface area contributed by atoms with E-state index < -0.39 is 0 Å². The van der Waals surface area contributed by atoms with Crippen molar-refractivity contribution in [3.05, 3.63) is 21.1 Å². The highest BCUT2D eigenvalue weighted by molar-refractivity contribution is 9.10. The van der Waals surface area contributed by atoms with Gasteiger partial charge in [0.2, 0.25) is 0 Å². The third kappa shape index (κ3) is 1.90. The molecule has 0 saturated carbocycles. The standard InChI is InChI=1S/C9H11BrN2S2/c1-9(3-2-4-14-9)8-11-5-6(10)7(13)12-8/h5H,2-4H2,1H3,(H,11,12,13). The van der Waals surface area contributed by atoms with Crippen LogP contribution in [0.3, 0.4) is 0 Å². The summed E-state index contributed by atoms with van der Waals surface area (Å²) < 4.78 is 1.74. The van der Waals surface area contributed by atoms with Crippen molar-refractivity contribution >= 4 is 39.9 Å². The molecule has 1 atom stereocenters. The van der Waals surface area contributed by atoms with Gasteiger partial charge in [0.25, 0.3) is 0 Å². The van der Waals surface area contributed by atoms with Gasteiger partial charge in [0.15, 0.2) is 0 Å². The third-order valence-electron chi connectivity index (χ3n) is 2.48. The van der Waals surface area contributed by atoms with Crippen molar-refractivity contribution in [1.29, 1.82) is 0 Å². The zero-order valence-corrected chi connectivity index (χ0v) is 11.1. The van der Waals surface area contributed by atoms with Gasteiger partial charge in [-0.3, -0.25) is 0 Å². The van der Waals surface area contributed by atoms with Crippen LogP contribution in [-0.2, 0) is 4.75 Å². The van der Waals surface area contributed by atoms with Gasteiger partial charge in [-0.05, 0) is 41.4 Å². The maximum absolute atomic E-state index is 5.17. The van der Waals surface area contributed by atoms with Gasteiger partial charge in [0.1, 0.15) is 10.5 Å². The van der Waals surface area contributed by atoms with Gasteiger partial charge >= 0.3 is 0 Å². The molecule has 0 aromatic carbocycles. The molecule has 1 fully saturated rings. The Bertz CT molecular complexity index is 396. The summed E-state index contributed by atoms with van der Waals surface area (Å²) in [6.45, 7) is 2.23. The van der Waals surface area contributed by atoms with Crippen molar-refractivity contribution in [2.75, 3.05) is 5.75 Å². The number of thioether (sulfide) groups is 1. The minimum atomic E-state index is 0.133. The van der Waals surface area contributed by atoms with E-state index in [2.05, 4.69) is 32.8 Å². The lowest BCUT2D eigenvalue weighted by molar-refractivity contribution is 0.602. The quantitative estimate of drug-likeness (QED) is 0.801. The summed E-state index contributed by atoms with van der Waals surface area (Å²) in [5.41, 5.74) is 0. The Labute approximate surface area is 101 Å². The number of hydrogen-bond donors (Lipinski definition) is 1. The molecule has 0 amide bonds. The van der Waals surface area contributed by atoms with Crippen LogP contribution in [-0.4, -0.2) is 15.7 Å². The Morgan fingerprint density at radius 3 is 3.07 bits per heavy atom. The van der Waals surface area contributed by atoms with Crippen LogP contribution in [0.1, 0.15) is 25.6 Å². The molecular weight excluding hydrogens is 280 g/mol. The van der Waals surface area contributed by atoms with E-state index in [4.69, 9.17) is 12.2 Å². The van der Waals surface area contributed by atoms with Crippen LogP contribution in [0, 0.1) is 4.64 Å². The topological polar surface area (TPSA) is 28.7 Å². The zero-order chi connectivity index (χ0) is 10.2. The number of rotatable bonds is 1. The average Bonchev–Trinajstić information content (AvgIpc) is 2.58. The molecule has 2 heterocycles. The number of nitrogens with one attached hydrogen (secondary N) is 1. The lowest BCUT2D eigenvalue weighted by atomic mass is 10.1. The van der Waals surface area contributed by atoms with Crippen molar-refractivity contribution in [3.63, 3.8) is 0 Å². The second-order valence-electron chi connectivity index (χ2n) is 3.59. The van der Waals surface area contributed by atoms with Crippen molar-refractivity contribution in [2.45, 2.75) is 24.5 Å². The molecule has 0 spiro atoms. The highest BCUT2D eigenvalue weighted by Crippen LogP contribution is 2.44. The number of aromatic amines is 1. The summed E-state index contributed by atoms with van der Waals surface area (Å²) in [5, 5.41) is 0. The number of halogens is 1. The van der Waals surface area contributed by atoms with E-state index >= 15 is 0 Å². The second kappa shape index (κ2) is 3.94. The largest absolute Gasteiger partial charge is 0.333 e. The first-order chi connectivity index (χ1) is 6.62. The molecule has 5 heteroatoms. The summed E-state index contributed by atoms with van der Waals surface area (Å²) in [6, 6.07) is 0. The fraction of sp³-hybridized carbons (Fsp3) is 0.556. The summed E-state index contributed by atoms with van der Waals surface area (Å²) >= 11 is 10.5. The van der Waals surface area contributed by atoms with Crippen molar-refractivity contribution in [3.8, 4) is 0 Å². The molecule has 1 aromatic rings. The highest BCUT2D eigenvalue weighted by atomic mass is 79.9. The smallest absolute Gasteiger partial charge is 0.123 e. The Morgan fingerprint density at radius 1 is 1.71 bits per heavy atom. The van der Waals surface area contributed by atoms with Crippen molar-refractivity contribution in [1.82, 2.24) is 9.97 Å². The lowest BCUT2D eigenvalue weighted by Crippen LogP contribution is -2.17. The van der Waals surface area contributed by atoms with E-state index in [1.807, 2.05) is 11.8 Å². The van der Waals surface area contributed by atoms with Gasteiger partial charge in [-0.2, -0.15) is 0 Å². The van der Waals surface area contributed by atoms with E-state index in [-0.39, 0.29) is 4.75 Å². The van der Waals surface area contributed by atoms with Gasteiger partial charge in [-0.1, -0.05) is 12.2 Å². The molecule has 2 rings (SSSR count). The Hall–Kier alpha value is 0.130. The molecule has 1 N–H and O–H groups in total. The predicted molar refractivity (Wildman–Crippen MR) is 66.2 cm³/mol. The van der Waals surface area contributed by atoms with E-state index in [0.717, 1.165) is 14.9 Å². The molecule has 2 nitrogen and oxygen atoms in total. The van der Waals surface area contributed by atoms with Gasteiger partial charge < -0.3 is 4.98 Å². The molecular formula is C9H11BrN2S2. The van der Waals surface area contributed by atoms with Crippen LogP contribution in [0.2, 0.25) is 0 Å². The van der Waals surface area contributed by atoms with Crippen LogP contribution in [0.4, 0.5) is 0 Å². The summed E-state index contributed by atoms with van der Waals surface area (Å²) in [7, 11) is 0. The number of H-pyrrole nitrogens is 1. The summed E-state index contributed by atoms with van der Waals surface area (Å²) in [6.07, 6.45) is 4.23. The normalized spacial score (nSPS) is 26.7. The van der Waals surface area contributed by atoms with Crippen LogP contribution >= 0.6 is 39.9 Å². The maximum atomic E-state index is 5.17. The number of aromatic nitrogens is 2. The number of nitrogens with zero attached hydrogens (tertiary/aromatic N) is 1.